The van der Waals surface area contributed by atoms with Crippen LogP contribution in [-0.2, 0) is 15.8 Å². The lowest BCUT2D eigenvalue weighted by molar-refractivity contribution is 0.228. The summed E-state index contributed by atoms with van der Waals surface area (Å²) in [6.07, 6.45) is 0. The summed E-state index contributed by atoms with van der Waals surface area (Å²) in [6.45, 7) is 0.570. The van der Waals surface area contributed by atoms with E-state index in [9.17, 15) is 12.8 Å². The molecule has 5 nitrogen and oxygen atoms in total. The van der Waals surface area contributed by atoms with Crippen LogP contribution < -0.4 is 0 Å². The third-order valence-corrected chi connectivity index (χ3v) is 5.20. The molecule has 0 bridgehead atoms. The van der Waals surface area contributed by atoms with E-state index < -0.39 is 21.5 Å². The molecule has 0 saturated carbocycles. The minimum absolute atomic E-state index is 0.170. The predicted molar refractivity (Wildman–Crippen MR) is 65.9 cm³/mol. The molecule has 0 N–H and O–H groups in total. The van der Waals surface area contributed by atoms with Gasteiger partial charge < -0.3 is 0 Å². The normalized spacial score (nSPS) is 21.0. The summed E-state index contributed by atoms with van der Waals surface area (Å²) in [7, 11) is -3.48. The van der Waals surface area contributed by atoms with Gasteiger partial charge in [-0.25, -0.2) is 12.8 Å². The summed E-state index contributed by atoms with van der Waals surface area (Å²) in [5, 5.41) is 7.56. The molecular formula is C10H9BrFN3O2S. The molecule has 8 heteroatoms. The summed E-state index contributed by atoms with van der Waals surface area (Å²) >= 11 is 3.13. The fourth-order valence-corrected chi connectivity index (χ4v) is 3.79. The number of nitrogens with zero attached hydrogens (tertiary/aromatic N) is 3. The molecule has 2 aliphatic heterocycles. The Morgan fingerprint density at radius 3 is 2.61 bits per heavy atom. The molecule has 96 valence electrons. The van der Waals surface area contributed by atoms with Crippen molar-refractivity contribution in [2.24, 2.45) is 10.2 Å². The highest BCUT2D eigenvalue weighted by atomic mass is 79.9. The smallest absolute Gasteiger partial charge is 0.212 e. The Morgan fingerprint density at radius 2 is 2.06 bits per heavy atom. The molecule has 1 aromatic carbocycles. The van der Waals surface area contributed by atoms with Gasteiger partial charge in [-0.1, -0.05) is 22.0 Å². The first-order chi connectivity index (χ1) is 8.40. The summed E-state index contributed by atoms with van der Waals surface area (Å²) in [5.41, 5.74) is -0.297. The number of benzene rings is 1. The van der Waals surface area contributed by atoms with Gasteiger partial charge in [-0.2, -0.15) is 14.5 Å². The van der Waals surface area contributed by atoms with Crippen molar-refractivity contribution >= 4 is 26.0 Å². The number of hydrogen-bond acceptors (Lipinski definition) is 4. The maximum atomic E-state index is 13.6. The molecular weight excluding hydrogens is 325 g/mol. The lowest BCUT2D eigenvalue weighted by atomic mass is 10.1. The zero-order chi connectivity index (χ0) is 13.0. The van der Waals surface area contributed by atoms with E-state index in [0.29, 0.717) is 4.47 Å². The van der Waals surface area contributed by atoms with E-state index in [1.807, 2.05) is 0 Å². The monoisotopic (exact) mass is 333 g/mol. The van der Waals surface area contributed by atoms with Gasteiger partial charge in [0.15, 0.2) is 0 Å². The van der Waals surface area contributed by atoms with E-state index in [4.69, 9.17) is 0 Å². The maximum Gasteiger partial charge on any atom is 0.218 e. The average Bonchev–Trinajstić information content (AvgIpc) is 3.00. The van der Waals surface area contributed by atoms with E-state index in [0.717, 1.165) is 0 Å². The van der Waals surface area contributed by atoms with Crippen molar-refractivity contribution in [1.82, 2.24) is 4.31 Å². The zero-order valence-electron chi connectivity index (χ0n) is 9.18. The third-order valence-electron chi connectivity index (χ3n) is 2.99. The van der Waals surface area contributed by atoms with Crippen LogP contribution in [0.15, 0.2) is 32.9 Å². The Labute approximate surface area is 112 Å². The number of halogens is 2. The maximum absolute atomic E-state index is 13.6. The number of hydrogen-bond donors (Lipinski definition) is 0. The van der Waals surface area contributed by atoms with Gasteiger partial charge in [-0.3, -0.25) is 0 Å². The van der Waals surface area contributed by atoms with Crippen LogP contribution in [0.1, 0.15) is 5.56 Å². The van der Waals surface area contributed by atoms with E-state index >= 15 is 0 Å². The van der Waals surface area contributed by atoms with Crippen LogP contribution in [0.5, 0.6) is 0 Å². The van der Waals surface area contributed by atoms with Gasteiger partial charge in [0.25, 0.3) is 0 Å². The van der Waals surface area contributed by atoms with Gasteiger partial charge in [0.05, 0.1) is 18.8 Å². The van der Waals surface area contributed by atoms with Crippen molar-refractivity contribution in [3.05, 3.63) is 34.1 Å². The third kappa shape index (κ3) is 2.08. The van der Waals surface area contributed by atoms with Crippen molar-refractivity contribution in [2.75, 3.05) is 13.1 Å². The molecule has 0 aromatic heterocycles. The molecule has 0 unspecified atom stereocenters. The average molecular weight is 334 g/mol. The predicted octanol–water partition coefficient (Wildman–Crippen LogP) is 1.90. The molecule has 0 aliphatic carbocycles. The molecule has 3 rings (SSSR count). The van der Waals surface area contributed by atoms with Crippen molar-refractivity contribution in [3.8, 4) is 0 Å². The summed E-state index contributed by atoms with van der Waals surface area (Å²) in [4.78, 5) is 0. The van der Waals surface area contributed by atoms with Gasteiger partial charge in [-0.15, -0.1) is 0 Å². The molecule has 0 radical (unpaired) electrons. The molecule has 0 amide bonds. The second kappa shape index (κ2) is 3.82. The van der Waals surface area contributed by atoms with Crippen LogP contribution >= 0.6 is 15.9 Å². The van der Waals surface area contributed by atoms with Crippen LogP contribution in [0.3, 0.4) is 0 Å². The lowest BCUT2D eigenvalue weighted by Gasteiger charge is -2.34. The second-order valence-electron chi connectivity index (χ2n) is 4.44. The van der Waals surface area contributed by atoms with Crippen molar-refractivity contribution in [3.63, 3.8) is 0 Å². The minimum atomic E-state index is -3.48. The van der Waals surface area contributed by atoms with Crippen molar-refractivity contribution in [2.45, 2.75) is 11.4 Å². The second-order valence-corrected chi connectivity index (χ2v) is 7.33. The first kappa shape index (κ1) is 12.2. The van der Waals surface area contributed by atoms with Gasteiger partial charge in [-0.05, 0) is 12.1 Å². The van der Waals surface area contributed by atoms with Crippen LogP contribution in [0.25, 0.3) is 0 Å². The van der Waals surface area contributed by atoms with E-state index in [1.54, 1.807) is 6.07 Å². The highest BCUT2D eigenvalue weighted by Gasteiger charge is 2.55. The topological polar surface area (TPSA) is 62.1 Å². The Morgan fingerprint density at radius 1 is 1.39 bits per heavy atom. The quantitative estimate of drug-likeness (QED) is 0.848. The first-order valence-electron chi connectivity index (χ1n) is 5.26. The van der Waals surface area contributed by atoms with Crippen LogP contribution in [0.4, 0.5) is 4.39 Å². The van der Waals surface area contributed by atoms with Gasteiger partial charge in [0, 0.05) is 10.0 Å². The minimum Gasteiger partial charge on any atom is -0.212 e. The van der Waals surface area contributed by atoms with Gasteiger partial charge >= 0.3 is 0 Å². The van der Waals surface area contributed by atoms with Crippen molar-refractivity contribution in [1.29, 1.82) is 0 Å². The molecule has 1 spiro atoms. The SMILES string of the molecule is O=S(=O)(Cc1ccc(Br)cc1F)N1CC2(C1)N=N2. The fraction of sp³-hybridized carbons (Fsp3) is 0.400. The highest BCUT2D eigenvalue weighted by molar-refractivity contribution is 9.10. The Balaban J connectivity index is 1.75. The van der Waals surface area contributed by atoms with Crippen molar-refractivity contribution < 1.29 is 12.8 Å². The van der Waals surface area contributed by atoms with E-state index in [1.165, 1.54) is 16.4 Å². The highest BCUT2D eigenvalue weighted by Crippen LogP contribution is 2.39. The molecule has 1 saturated heterocycles. The molecule has 1 fully saturated rings. The summed E-state index contributed by atoms with van der Waals surface area (Å²) in [5.74, 6) is -0.855. The fourth-order valence-electron chi connectivity index (χ4n) is 1.84. The molecule has 18 heavy (non-hydrogen) atoms. The zero-order valence-corrected chi connectivity index (χ0v) is 11.6. The first-order valence-corrected chi connectivity index (χ1v) is 7.66. The van der Waals surface area contributed by atoms with E-state index in [-0.39, 0.29) is 24.4 Å². The number of rotatable bonds is 3. The standard InChI is InChI=1S/C10H9BrFN3O2S/c11-8-2-1-7(9(12)3-8)4-18(16,17)15-5-10(6-15)13-14-10/h1-3H,4-6H2. The molecule has 2 heterocycles. The van der Waals surface area contributed by atoms with Gasteiger partial charge in [0.2, 0.25) is 15.7 Å². The molecule has 0 atom stereocenters. The van der Waals surface area contributed by atoms with Gasteiger partial charge in [0.1, 0.15) is 5.82 Å². The number of sulfonamides is 1. The Hall–Kier alpha value is -0.860. The largest absolute Gasteiger partial charge is 0.218 e. The molecule has 2 aliphatic rings. The lowest BCUT2D eigenvalue weighted by Crippen LogP contribution is -2.56. The van der Waals surface area contributed by atoms with Crippen LogP contribution in [0.2, 0.25) is 0 Å². The Kier molecular flexibility index (Phi) is 2.58. The summed E-state index contributed by atoms with van der Waals surface area (Å²) < 4.78 is 39.4. The summed E-state index contributed by atoms with van der Waals surface area (Å²) in [6, 6.07) is 4.35. The molecule has 1 aromatic rings. The van der Waals surface area contributed by atoms with Crippen LogP contribution in [-0.4, -0.2) is 31.5 Å². The van der Waals surface area contributed by atoms with E-state index in [2.05, 4.69) is 26.2 Å². The Bertz CT molecular complexity index is 633. The van der Waals surface area contributed by atoms with Crippen LogP contribution in [0, 0.1) is 5.82 Å².